The Morgan fingerprint density at radius 2 is 2.17 bits per heavy atom. The Bertz CT molecular complexity index is 863. The van der Waals surface area contributed by atoms with Gasteiger partial charge in [0.25, 0.3) is 5.91 Å². The number of hydrogen-bond acceptors (Lipinski definition) is 4. The third kappa shape index (κ3) is 3.48. The second-order valence-electron chi connectivity index (χ2n) is 5.94. The fourth-order valence-corrected chi connectivity index (χ4v) is 4.53. The van der Waals surface area contributed by atoms with Crippen LogP contribution in [0.25, 0.3) is 0 Å². The molecule has 1 saturated heterocycles. The summed E-state index contributed by atoms with van der Waals surface area (Å²) in [7, 11) is -1.54. The zero-order valence-electron chi connectivity index (χ0n) is 13.2. The van der Waals surface area contributed by atoms with E-state index in [1.54, 1.807) is 24.1 Å². The molecule has 0 N–H and O–H groups in total. The second kappa shape index (κ2) is 6.35. The van der Waals surface area contributed by atoms with Crippen LogP contribution in [0.4, 0.5) is 4.39 Å². The topological polar surface area (TPSA) is 72.3 Å². The molecule has 1 fully saturated rings. The number of sulfone groups is 1. The molecule has 1 aromatic carbocycles. The summed E-state index contributed by atoms with van der Waals surface area (Å²) in [5, 5.41) is 4.07. The fraction of sp³-hybridized carbons (Fsp3) is 0.375. The van der Waals surface area contributed by atoms with E-state index in [1.807, 2.05) is 0 Å². The van der Waals surface area contributed by atoms with Crippen LogP contribution in [0, 0.1) is 5.82 Å². The van der Waals surface area contributed by atoms with Gasteiger partial charge < -0.3 is 4.90 Å². The highest BCUT2D eigenvalue weighted by molar-refractivity contribution is 7.91. The molecule has 0 spiro atoms. The maximum absolute atomic E-state index is 13.4. The number of aryl methyl sites for hydroxylation is 1. The largest absolute Gasteiger partial charge is 0.330 e. The van der Waals surface area contributed by atoms with Crippen molar-refractivity contribution >= 4 is 15.7 Å². The molecule has 1 amide bonds. The van der Waals surface area contributed by atoms with E-state index >= 15 is 0 Å². The van der Waals surface area contributed by atoms with E-state index in [1.165, 1.54) is 29.2 Å². The molecule has 0 saturated carbocycles. The number of carbonyl (C=O) groups is 1. The lowest BCUT2D eigenvalue weighted by atomic mass is 10.1. The van der Waals surface area contributed by atoms with Gasteiger partial charge in [-0.25, -0.2) is 12.8 Å². The molecule has 0 radical (unpaired) electrons. The highest BCUT2D eigenvalue weighted by atomic mass is 32.2. The summed E-state index contributed by atoms with van der Waals surface area (Å²) in [6.45, 7) is 0.300. The van der Waals surface area contributed by atoms with Crippen LogP contribution in [-0.2, 0) is 16.9 Å². The minimum Gasteiger partial charge on any atom is -0.330 e. The fourth-order valence-electron chi connectivity index (χ4n) is 2.94. The van der Waals surface area contributed by atoms with Gasteiger partial charge >= 0.3 is 0 Å². The van der Waals surface area contributed by atoms with Crippen molar-refractivity contribution in [2.24, 2.45) is 7.05 Å². The first-order valence-corrected chi connectivity index (χ1v) is 9.43. The minimum absolute atomic E-state index is 0.0384. The number of nitrogens with zero attached hydrogens (tertiary/aromatic N) is 3. The summed E-state index contributed by atoms with van der Waals surface area (Å²) in [6.07, 6.45) is 3.63. The molecule has 2 heterocycles. The quantitative estimate of drug-likeness (QED) is 0.823. The van der Waals surface area contributed by atoms with Gasteiger partial charge in [-0.3, -0.25) is 9.48 Å². The number of amides is 1. The molecule has 0 bridgehead atoms. The molecule has 24 heavy (non-hydrogen) atoms. The van der Waals surface area contributed by atoms with E-state index in [-0.39, 0.29) is 23.0 Å². The van der Waals surface area contributed by atoms with Crippen LogP contribution < -0.4 is 0 Å². The van der Waals surface area contributed by atoms with Crippen molar-refractivity contribution in [1.29, 1.82) is 0 Å². The van der Waals surface area contributed by atoms with Crippen molar-refractivity contribution in [3.63, 3.8) is 0 Å². The van der Waals surface area contributed by atoms with Gasteiger partial charge in [0, 0.05) is 30.9 Å². The van der Waals surface area contributed by atoms with E-state index in [9.17, 15) is 17.6 Å². The third-order valence-corrected chi connectivity index (χ3v) is 5.82. The standard InChI is InChI=1S/C16H18FN3O3S/c1-19-10-13(9-18-19)15-11-24(22,23)7-3-6-20(15)16(21)12-4-2-5-14(17)8-12/h2,4-5,8-10,15H,3,6-7,11H2,1H3. The van der Waals surface area contributed by atoms with Crippen LogP contribution in [0.5, 0.6) is 0 Å². The average Bonchev–Trinajstić information content (AvgIpc) is 2.88. The number of hydrogen-bond donors (Lipinski definition) is 0. The van der Waals surface area contributed by atoms with Gasteiger partial charge in [-0.15, -0.1) is 0 Å². The van der Waals surface area contributed by atoms with Crippen molar-refractivity contribution in [3.8, 4) is 0 Å². The maximum Gasteiger partial charge on any atom is 0.254 e. The van der Waals surface area contributed by atoms with Crippen LogP contribution >= 0.6 is 0 Å². The molecule has 1 aliphatic rings. The van der Waals surface area contributed by atoms with E-state index in [0.29, 0.717) is 18.5 Å². The second-order valence-corrected chi connectivity index (χ2v) is 8.17. The maximum atomic E-state index is 13.4. The zero-order chi connectivity index (χ0) is 17.3. The molecule has 3 rings (SSSR count). The van der Waals surface area contributed by atoms with Crippen LogP contribution in [-0.4, -0.2) is 47.1 Å². The van der Waals surface area contributed by atoms with Crippen LogP contribution in [0.1, 0.15) is 28.4 Å². The van der Waals surface area contributed by atoms with Crippen molar-refractivity contribution in [3.05, 3.63) is 53.6 Å². The Hall–Kier alpha value is -2.22. The van der Waals surface area contributed by atoms with E-state index in [4.69, 9.17) is 0 Å². The zero-order valence-corrected chi connectivity index (χ0v) is 14.0. The van der Waals surface area contributed by atoms with Crippen molar-refractivity contribution in [2.45, 2.75) is 12.5 Å². The molecule has 8 heteroatoms. The Kier molecular flexibility index (Phi) is 4.40. The summed E-state index contributed by atoms with van der Waals surface area (Å²) < 4.78 is 39.4. The number of carbonyl (C=O) groups excluding carboxylic acids is 1. The normalized spacial score (nSPS) is 20.6. The number of rotatable bonds is 2. The summed E-state index contributed by atoms with van der Waals surface area (Å²) in [4.78, 5) is 14.4. The van der Waals surface area contributed by atoms with Crippen molar-refractivity contribution in [1.82, 2.24) is 14.7 Å². The molecule has 1 aromatic heterocycles. The van der Waals surface area contributed by atoms with E-state index < -0.39 is 21.7 Å². The van der Waals surface area contributed by atoms with E-state index in [2.05, 4.69) is 5.10 Å². The first kappa shape index (κ1) is 16.6. The van der Waals surface area contributed by atoms with Gasteiger partial charge in [-0.05, 0) is 24.6 Å². The van der Waals surface area contributed by atoms with Crippen LogP contribution in [0.15, 0.2) is 36.7 Å². The number of halogens is 1. The summed E-state index contributed by atoms with van der Waals surface area (Å²) in [6, 6.07) is 4.81. The Morgan fingerprint density at radius 3 is 2.83 bits per heavy atom. The molecular weight excluding hydrogens is 333 g/mol. The summed E-state index contributed by atoms with van der Waals surface area (Å²) in [5.41, 5.74) is 0.871. The summed E-state index contributed by atoms with van der Waals surface area (Å²) >= 11 is 0. The lowest BCUT2D eigenvalue weighted by Crippen LogP contribution is -2.36. The van der Waals surface area contributed by atoms with Crippen molar-refractivity contribution < 1.29 is 17.6 Å². The van der Waals surface area contributed by atoms with E-state index in [0.717, 1.165) is 0 Å². The van der Waals surface area contributed by atoms with Crippen LogP contribution in [0.2, 0.25) is 0 Å². The lowest BCUT2D eigenvalue weighted by molar-refractivity contribution is 0.0697. The number of benzene rings is 1. The molecule has 128 valence electrons. The van der Waals surface area contributed by atoms with Gasteiger partial charge in [-0.2, -0.15) is 5.10 Å². The van der Waals surface area contributed by atoms with Crippen molar-refractivity contribution in [2.75, 3.05) is 18.1 Å². The molecular formula is C16H18FN3O3S. The molecule has 6 nitrogen and oxygen atoms in total. The van der Waals surface area contributed by atoms with Crippen LogP contribution in [0.3, 0.4) is 0 Å². The number of aromatic nitrogens is 2. The SMILES string of the molecule is Cn1cc(C2CS(=O)(=O)CCCN2C(=O)c2cccc(F)c2)cn1. The molecule has 0 aliphatic carbocycles. The first-order valence-electron chi connectivity index (χ1n) is 7.61. The molecule has 1 atom stereocenters. The highest BCUT2D eigenvalue weighted by Gasteiger charge is 2.34. The molecule has 1 unspecified atom stereocenters. The van der Waals surface area contributed by atoms with Gasteiger partial charge in [0.15, 0.2) is 9.84 Å². The lowest BCUT2D eigenvalue weighted by Gasteiger charge is -2.29. The highest BCUT2D eigenvalue weighted by Crippen LogP contribution is 2.27. The summed E-state index contributed by atoms with van der Waals surface area (Å²) in [5.74, 6) is -0.988. The minimum atomic E-state index is -3.27. The first-order chi connectivity index (χ1) is 11.4. The predicted octanol–water partition coefficient (Wildman–Crippen LogP) is 1.56. The smallest absolute Gasteiger partial charge is 0.254 e. The average molecular weight is 351 g/mol. The van der Waals surface area contributed by atoms with Gasteiger partial charge in [-0.1, -0.05) is 6.07 Å². The predicted molar refractivity (Wildman–Crippen MR) is 86.7 cm³/mol. The Morgan fingerprint density at radius 1 is 1.38 bits per heavy atom. The monoisotopic (exact) mass is 351 g/mol. The van der Waals surface area contributed by atoms with Gasteiger partial charge in [0.1, 0.15) is 5.82 Å². The Labute approximate surface area is 139 Å². The third-order valence-electron chi connectivity index (χ3n) is 4.08. The van der Waals surface area contributed by atoms with Gasteiger partial charge in [0.05, 0.1) is 23.7 Å². The van der Waals surface area contributed by atoms with Gasteiger partial charge in [0.2, 0.25) is 0 Å². The Balaban J connectivity index is 2.00. The molecule has 1 aliphatic heterocycles. The molecule has 2 aromatic rings.